The number of rotatable bonds is 4. The van der Waals surface area contributed by atoms with Gasteiger partial charge in [-0.2, -0.15) is 0 Å². The van der Waals surface area contributed by atoms with E-state index in [0.717, 1.165) is 57.1 Å². The maximum Gasteiger partial charge on any atom is 0.129 e. The van der Waals surface area contributed by atoms with Crippen molar-refractivity contribution >= 4 is 5.71 Å². The van der Waals surface area contributed by atoms with Crippen LogP contribution in [0, 0.1) is 34.5 Å². The number of aliphatic hydroxyl groups is 2. The molecule has 0 amide bonds. The first kappa shape index (κ1) is 20.6. The maximum atomic E-state index is 12.1. The molecule has 4 aliphatic carbocycles. The van der Waals surface area contributed by atoms with Gasteiger partial charge in [0.25, 0.3) is 0 Å². The zero-order valence-corrected chi connectivity index (χ0v) is 18.0. The van der Waals surface area contributed by atoms with Crippen molar-refractivity contribution in [1.29, 1.82) is 0 Å². The molecule has 0 heterocycles. The van der Waals surface area contributed by atoms with Crippen LogP contribution >= 0.6 is 0 Å². The second-order valence-electron chi connectivity index (χ2n) is 10.7. The van der Waals surface area contributed by atoms with E-state index in [4.69, 9.17) is 10.6 Å². The van der Waals surface area contributed by atoms with Crippen LogP contribution in [0.3, 0.4) is 0 Å². The second kappa shape index (κ2) is 7.24. The highest BCUT2D eigenvalue weighted by Crippen LogP contribution is 2.69. The fraction of sp³-hybridized carbons (Fsp3) is 0.957. The van der Waals surface area contributed by atoms with Crippen LogP contribution in [0.4, 0.5) is 0 Å². The summed E-state index contributed by atoms with van der Waals surface area (Å²) in [6, 6.07) is 0. The molecular formula is C23H40N2O3. The Bertz CT molecular complexity index is 625. The molecule has 5 heteroatoms. The second-order valence-corrected chi connectivity index (χ2v) is 10.7. The lowest BCUT2D eigenvalue weighted by Crippen LogP contribution is -2.62. The van der Waals surface area contributed by atoms with Gasteiger partial charge in [-0.3, -0.25) is 0 Å². The van der Waals surface area contributed by atoms with E-state index in [1.807, 2.05) is 0 Å². The Kier molecular flexibility index (Phi) is 5.33. The van der Waals surface area contributed by atoms with Crippen LogP contribution in [-0.4, -0.2) is 40.8 Å². The molecule has 4 N–H and O–H groups in total. The van der Waals surface area contributed by atoms with Crippen LogP contribution < -0.4 is 5.73 Å². The Balaban J connectivity index is 1.59. The first-order valence-electron chi connectivity index (χ1n) is 11.5. The summed E-state index contributed by atoms with van der Waals surface area (Å²) < 4.78 is 0. The summed E-state index contributed by atoms with van der Waals surface area (Å²) in [5.41, 5.74) is 6.10. The Hall–Kier alpha value is -0.650. The normalized spacial score (nSPS) is 51.2. The van der Waals surface area contributed by atoms with Crippen LogP contribution in [-0.2, 0) is 4.84 Å². The fourth-order valence-electron chi connectivity index (χ4n) is 8.14. The first-order chi connectivity index (χ1) is 13.3. The van der Waals surface area contributed by atoms with Gasteiger partial charge in [-0.25, -0.2) is 0 Å². The van der Waals surface area contributed by atoms with Gasteiger partial charge in [0.1, 0.15) is 6.61 Å². The Labute approximate surface area is 170 Å². The number of oxime groups is 1. The van der Waals surface area contributed by atoms with E-state index in [-0.39, 0.29) is 22.9 Å². The third-order valence-electron chi connectivity index (χ3n) is 9.75. The van der Waals surface area contributed by atoms with E-state index in [2.05, 4.69) is 25.9 Å². The highest BCUT2D eigenvalue weighted by molar-refractivity contribution is 5.85. The average Bonchev–Trinajstić information content (AvgIpc) is 2.94. The van der Waals surface area contributed by atoms with Crippen LogP contribution in [0.2, 0.25) is 0 Å². The standard InChI is InChI=1S/C23H40N2O3/c1-15(25-28-13-12-24)18-8-11-23(27)20-5-4-16-14-17(26)6-9-21(16,2)19(20)7-10-22(18,23)3/h16-20,26-27H,4-14,24H2,1-3H3/b25-15+/t16-,17+,18-,19+,20-,21+,22-,23+/m1/s1. The van der Waals surface area contributed by atoms with Crippen molar-refractivity contribution in [3.63, 3.8) is 0 Å². The highest BCUT2D eigenvalue weighted by atomic mass is 16.6. The van der Waals surface area contributed by atoms with Crippen LogP contribution in [0.5, 0.6) is 0 Å². The molecule has 4 rings (SSSR count). The summed E-state index contributed by atoms with van der Waals surface area (Å²) in [6.45, 7) is 7.75. The van der Waals surface area contributed by atoms with Gasteiger partial charge in [-0.1, -0.05) is 19.0 Å². The van der Waals surface area contributed by atoms with E-state index >= 15 is 0 Å². The van der Waals surface area contributed by atoms with Crippen molar-refractivity contribution in [2.45, 2.75) is 90.3 Å². The summed E-state index contributed by atoms with van der Waals surface area (Å²) >= 11 is 0. The Morgan fingerprint density at radius 2 is 1.86 bits per heavy atom. The van der Waals surface area contributed by atoms with Crippen molar-refractivity contribution in [2.24, 2.45) is 45.4 Å². The summed E-state index contributed by atoms with van der Waals surface area (Å²) in [6.07, 6.45) is 9.28. The van der Waals surface area contributed by atoms with Crippen molar-refractivity contribution in [3.05, 3.63) is 0 Å². The van der Waals surface area contributed by atoms with Crippen molar-refractivity contribution in [1.82, 2.24) is 0 Å². The predicted octanol–water partition coefficient (Wildman–Crippen LogP) is 3.47. The summed E-state index contributed by atoms with van der Waals surface area (Å²) in [7, 11) is 0. The van der Waals surface area contributed by atoms with Crippen LogP contribution in [0.25, 0.3) is 0 Å². The molecule has 4 fully saturated rings. The van der Waals surface area contributed by atoms with E-state index in [1.165, 1.54) is 6.42 Å². The van der Waals surface area contributed by atoms with Crippen molar-refractivity contribution in [3.8, 4) is 0 Å². The van der Waals surface area contributed by atoms with Gasteiger partial charge in [-0.15, -0.1) is 0 Å². The van der Waals surface area contributed by atoms with E-state index in [9.17, 15) is 10.2 Å². The lowest BCUT2D eigenvalue weighted by Gasteiger charge is -2.63. The minimum absolute atomic E-state index is 0.116. The quantitative estimate of drug-likeness (QED) is 0.388. The molecular weight excluding hydrogens is 352 g/mol. The molecule has 0 spiro atoms. The number of nitrogens with zero attached hydrogens (tertiary/aromatic N) is 1. The van der Waals surface area contributed by atoms with E-state index < -0.39 is 5.60 Å². The molecule has 0 aromatic rings. The molecule has 0 aromatic heterocycles. The average molecular weight is 393 g/mol. The number of aliphatic hydroxyl groups excluding tert-OH is 1. The lowest BCUT2D eigenvalue weighted by molar-refractivity contribution is -0.206. The monoisotopic (exact) mass is 392 g/mol. The molecule has 4 aliphatic rings. The van der Waals surface area contributed by atoms with Gasteiger partial charge in [0.05, 0.1) is 17.4 Å². The maximum absolute atomic E-state index is 12.1. The molecule has 8 atom stereocenters. The molecule has 160 valence electrons. The van der Waals surface area contributed by atoms with Gasteiger partial charge < -0.3 is 20.8 Å². The van der Waals surface area contributed by atoms with Gasteiger partial charge >= 0.3 is 0 Å². The molecule has 0 aromatic carbocycles. The summed E-state index contributed by atoms with van der Waals surface area (Å²) in [5, 5.41) is 26.7. The fourth-order valence-corrected chi connectivity index (χ4v) is 8.14. The third kappa shape index (κ3) is 2.87. The highest BCUT2D eigenvalue weighted by Gasteiger charge is 2.67. The summed E-state index contributed by atoms with van der Waals surface area (Å²) in [5.74, 6) is 1.87. The van der Waals surface area contributed by atoms with Gasteiger partial charge in [0.15, 0.2) is 0 Å². The number of nitrogens with two attached hydrogens (primary N) is 1. The topological polar surface area (TPSA) is 88.1 Å². The summed E-state index contributed by atoms with van der Waals surface area (Å²) in [4.78, 5) is 5.38. The minimum atomic E-state index is -0.602. The Morgan fingerprint density at radius 1 is 1.07 bits per heavy atom. The molecule has 0 radical (unpaired) electrons. The molecule has 0 bridgehead atoms. The van der Waals surface area contributed by atoms with Gasteiger partial charge in [0, 0.05) is 17.9 Å². The SMILES string of the molecule is C/C(=N\OCCN)[C@H]1CC[C@]2(O)[C@@H]3CC[C@@H]4C[C@@H](O)CC[C@]4(C)[C@H]3CC[C@]12C. The minimum Gasteiger partial charge on any atom is -0.395 e. The van der Waals surface area contributed by atoms with Crippen LogP contribution in [0.15, 0.2) is 5.16 Å². The molecule has 0 unspecified atom stereocenters. The Morgan fingerprint density at radius 3 is 2.61 bits per heavy atom. The van der Waals surface area contributed by atoms with E-state index in [1.54, 1.807) is 0 Å². The number of hydrogen-bond acceptors (Lipinski definition) is 5. The van der Waals surface area contributed by atoms with Crippen LogP contribution in [0.1, 0.15) is 78.6 Å². The third-order valence-corrected chi connectivity index (χ3v) is 9.75. The molecule has 4 saturated carbocycles. The largest absolute Gasteiger partial charge is 0.395 e. The molecule has 0 saturated heterocycles. The van der Waals surface area contributed by atoms with E-state index in [0.29, 0.717) is 30.9 Å². The zero-order valence-electron chi connectivity index (χ0n) is 18.0. The first-order valence-corrected chi connectivity index (χ1v) is 11.5. The lowest BCUT2D eigenvalue weighted by atomic mass is 9.43. The molecule has 0 aliphatic heterocycles. The molecule has 28 heavy (non-hydrogen) atoms. The number of fused-ring (bicyclic) bond motifs is 5. The van der Waals surface area contributed by atoms with Crippen molar-refractivity contribution in [2.75, 3.05) is 13.2 Å². The smallest absolute Gasteiger partial charge is 0.129 e. The molecule has 5 nitrogen and oxygen atoms in total. The predicted molar refractivity (Wildman–Crippen MR) is 111 cm³/mol. The van der Waals surface area contributed by atoms with Crippen molar-refractivity contribution < 1.29 is 15.1 Å². The zero-order chi connectivity index (χ0) is 20.2. The van der Waals surface area contributed by atoms with Gasteiger partial charge in [-0.05, 0) is 87.9 Å². The number of hydrogen-bond donors (Lipinski definition) is 3. The van der Waals surface area contributed by atoms with Gasteiger partial charge in [0.2, 0.25) is 0 Å².